The van der Waals surface area contributed by atoms with Crippen molar-refractivity contribution in [1.29, 1.82) is 0 Å². The fraction of sp³-hybridized carbons (Fsp3) is 0.500. The van der Waals surface area contributed by atoms with E-state index in [1.165, 1.54) is 6.07 Å². The van der Waals surface area contributed by atoms with Gasteiger partial charge in [0.1, 0.15) is 5.82 Å². The van der Waals surface area contributed by atoms with E-state index in [0.29, 0.717) is 6.54 Å². The zero-order chi connectivity index (χ0) is 13.7. The molecule has 2 N–H and O–H groups in total. The average Bonchev–Trinajstić information content (AvgIpc) is 2.86. The third-order valence-electron chi connectivity index (χ3n) is 3.08. The van der Waals surface area contributed by atoms with Crippen LogP contribution in [0.1, 0.15) is 18.4 Å². The molecule has 1 aromatic rings. The number of nitrogens with one attached hydrogen (secondary N) is 2. The lowest BCUT2D eigenvalue weighted by atomic mass is 10.2. The van der Waals surface area contributed by atoms with Gasteiger partial charge in [0, 0.05) is 13.2 Å². The largest absolute Gasteiger partial charge is 0.377 e. The number of carbonyl (C=O) groups excluding carboxylic acids is 1. The Hall–Kier alpha value is -1.46. The number of benzene rings is 1. The van der Waals surface area contributed by atoms with Crippen molar-refractivity contribution in [2.45, 2.75) is 25.9 Å². The van der Waals surface area contributed by atoms with E-state index in [1.807, 2.05) is 0 Å². The molecule has 0 aromatic heterocycles. The van der Waals surface area contributed by atoms with Crippen molar-refractivity contribution in [1.82, 2.24) is 5.32 Å². The molecule has 4 nitrogen and oxygen atoms in total. The number of carbonyl (C=O) groups is 1. The molecule has 19 heavy (non-hydrogen) atoms. The van der Waals surface area contributed by atoms with Gasteiger partial charge in [-0.15, -0.1) is 0 Å². The Morgan fingerprint density at radius 1 is 1.53 bits per heavy atom. The molecular weight excluding hydrogens is 247 g/mol. The number of rotatable bonds is 5. The van der Waals surface area contributed by atoms with Gasteiger partial charge in [0.25, 0.3) is 0 Å². The zero-order valence-corrected chi connectivity index (χ0v) is 11.0. The summed E-state index contributed by atoms with van der Waals surface area (Å²) in [6.07, 6.45) is 2.30. The van der Waals surface area contributed by atoms with Gasteiger partial charge in [-0.1, -0.05) is 6.07 Å². The lowest BCUT2D eigenvalue weighted by molar-refractivity contribution is -0.115. The summed E-state index contributed by atoms with van der Waals surface area (Å²) >= 11 is 0. The number of anilines is 1. The fourth-order valence-electron chi connectivity index (χ4n) is 2.07. The average molecular weight is 266 g/mol. The molecule has 1 atom stereocenters. The van der Waals surface area contributed by atoms with Crippen molar-refractivity contribution in [2.24, 2.45) is 0 Å². The second-order valence-corrected chi connectivity index (χ2v) is 4.80. The maximum absolute atomic E-state index is 13.5. The van der Waals surface area contributed by atoms with E-state index in [2.05, 4.69) is 10.6 Å². The Labute approximate surface area is 112 Å². The summed E-state index contributed by atoms with van der Waals surface area (Å²) in [6.45, 7) is 3.42. The molecule has 1 saturated heterocycles. The van der Waals surface area contributed by atoms with E-state index < -0.39 is 5.82 Å². The van der Waals surface area contributed by atoms with Crippen LogP contribution in [-0.4, -0.2) is 31.7 Å². The molecule has 0 spiro atoms. The van der Waals surface area contributed by atoms with Crippen molar-refractivity contribution in [2.75, 3.05) is 25.0 Å². The molecule has 1 fully saturated rings. The minimum absolute atomic E-state index is 0.160. The minimum atomic E-state index is -0.410. The van der Waals surface area contributed by atoms with Crippen LogP contribution >= 0.6 is 0 Å². The number of aryl methyl sites for hydroxylation is 1. The Bertz CT molecular complexity index is 445. The second-order valence-electron chi connectivity index (χ2n) is 4.80. The third-order valence-corrected chi connectivity index (χ3v) is 3.08. The van der Waals surface area contributed by atoms with Crippen LogP contribution in [0.5, 0.6) is 0 Å². The Morgan fingerprint density at radius 2 is 2.37 bits per heavy atom. The van der Waals surface area contributed by atoms with Crippen molar-refractivity contribution in [3.8, 4) is 0 Å². The quantitative estimate of drug-likeness (QED) is 0.855. The van der Waals surface area contributed by atoms with Crippen LogP contribution in [0.3, 0.4) is 0 Å². The highest BCUT2D eigenvalue weighted by molar-refractivity contribution is 5.92. The highest BCUT2D eigenvalue weighted by atomic mass is 19.1. The lowest BCUT2D eigenvalue weighted by Gasteiger charge is -2.11. The van der Waals surface area contributed by atoms with Gasteiger partial charge in [0.15, 0.2) is 0 Å². The van der Waals surface area contributed by atoms with Gasteiger partial charge >= 0.3 is 0 Å². The molecule has 2 rings (SSSR count). The Kier molecular flexibility index (Phi) is 4.87. The summed E-state index contributed by atoms with van der Waals surface area (Å²) in [5, 5.41) is 5.56. The van der Waals surface area contributed by atoms with Crippen LogP contribution in [0.25, 0.3) is 0 Å². The molecule has 1 aromatic carbocycles. The molecular formula is C14H19FN2O2. The predicted octanol–water partition coefficient (Wildman–Crippen LogP) is 1.84. The molecule has 0 radical (unpaired) electrons. The smallest absolute Gasteiger partial charge is 0.238 e. The van der Waals surface area contributed by atoms with Gasteiger partial charge in [-0.25, -0.2) is 4.39 Å². The van der Waals surface area contributed by atoms with Gasteiger partial charge in [0.05, 0.1) is 18.3 Å². The summed E-state index contributed by atoms with van der Waals surface area (Å²) in [4.78, 5) is 11.6. The van der Waals surface area contributed by atoms with Crippen LogP contribution in [-0.2, 0) is 9.53 Å². The number of halogens is 1. The molecule has 0 saturated carbocycles. The highest BCUT2D eigenvalue weighted by Crippen LogP contribution is 2.15. The number of hydrogen-bond acceptors (Lipinski definition) is 3. The first-order chi connectivity index (χ1) is 9.15. The first kappa shape index (κ1) is 14.0. The molecule has 104 valence electrons. The van der Waals surface area contributed by atoms with Crippen LogP contribution < -0.4 is 10.6 Å². The van der Waals surface area contributed by atoms with Crippen LogP contribution in [0, 0.1) is 12.7 Å². The van der Waals surface area contributed by atoms with Gasteiger partial charge in [-0.05, 0) is 37.5 Å². The summed E-state index contributed by atoms with van der Waals surface area (Å²) in [5.41, 5.74) is 1.04. The molecule has 0 aliphatic carbocycles. The van der Waals surface area contributed by atoms with E-state index >= 15 is 0 Å². The molecule has 5 heteroatoms. The maximum Gasteiger partial charge on any atom is 0.238 e. The summed E-state index contributed by atoms with van der Waals surface area (Å²) in [7, 11) is 0. The fourth-order valence-corrected chi connectivity index (χ4v) is 2.07. The normalized spacial score (nSPS) is 18.5. The Morgan fingerprint density at radius 3 is 3.05 bits per heavy atom. The van der Waals surface area contributed by atoms with E-state index in [1.54, 1.807) is 19.1 Å². The van der Waals surface area contributed by atoms with Crippen molar-refractivity contribution >= 4 is 11.6 Å². The first-order valence-corrected chi connectivity index (χ1v) is 6.53. The maximum atomic E-state index is 13.5. The van der Waals surface area contributed by atoms with Crippen molar-refractivity contribution in [3.05, 3.63) is 29.6 Å². The highest BCUT2D eigenvalue weighted by Gasteiger charge is 2.15. The minimum Gasteiger partial charge on any atom is -0.377 e. The zero-order valence-electron chi connectivity index (χ0n) is 11.0. The van der Waals surface area contributed by atoms with Crippen LogP contribution in [0.15, 0.2) is 18.2 Å². The standard InChI is InChI=1S/C14H19FN2O2/c1-10-4-5-13(12(15)7-10)17-14(18)9-16-8-11-3-2-6-19-11/h4-5,7,11,16H,2-3,6,8-9H2,1H3,(H,17,18). The third kappa shape index (κ3) is 4.29. The van der Waals surface area contributed by atoms with Gasteiger partial charge in [-0.2, -0.15) is 0 Å². The number of ether oxygens (including phenoxy) is 1. The molecule has 1 amide bonds. The summed E-state index contributed by atoms with van der Waals surface area (Å²) in [6, 6.07) is 4.73. The van der Waals surface area contributed by atoms with Crippen LogP contribution in [0.4, 0.5) is 10.1 Å². The van der Waals surface area contributed by atoms with E-state index in [4.69, 9.17) is 4.74 Å². The van der Waals surface area contributed by atoms with Gasteiger partial charge in [-0.3, -0.25) is 4.79 Å². The number of amides is 1. The second kappa shape index (κ2) is 6.63. The van der Waals surface area contributed by atoms with Crippen molar-refractivity contribution in [3.63, 3.8) is 0 Å². The molecule has 0 bridgehead atoms. The van der Waals surface area contributed by atoms with E-state index in [-0.39, 0.29) is 24.2 Å². The molecule has 1 unspecified atom stereocenters. The molecule has 1 aliphatic heterocycles. The van der Waals surface area contributed by atoms with Crippen LogP contribution in [0.2, 0.25) is 0 Å². The molecule has 1 aliphatic rings. The molecule has 1 heterocycles. The van der Waals surface area contributed by atoms with E-state index in [0.717, 1.165) is 25.0 Å². The summed E-state index contributed by atoms with van der Waals surface area (Å²) in [5.74, 6) is -0.659. The monoisotopic (exact) mass is 266 g/mol. The van der Waals surface area contributed by atoms with E-state index in [9.17, 15) is 9.18 Å². The Balaban J connectivity index is 1.74. The van der Waals surface area contributed by atoms with Gasteiger partial charge in [0.2, 0.25) is 5.91 Å². The lowest BCUT2D eigenvalue weighted by Crippen LogP contribution is -2.33. The SMILES string of the molecule is Cc1ccc(NC(=O)CNCC2CCCO2)c(F)c1. The first-order valence-electron chi connectivity index (χ1n) is 6.53. The topological polar surface area (TPSA) is 50.4 Å². The predicted molar refractivity (Wildman–Crippen MR) is 71.6 cm³/mol. The number of hydrogen-bond donors (Lipinski definition) is 2. The summed E-state index contributed by atoms with van der Waals surface area (Å²) < 4.78 is 19.0. The van der Waals surface area contributed by atoms with Crippen molar-refractivity contribution < 1.29 is 13.9 Å². The van der Waals surface area contributed by atoms with Gasteiger partial charge < -0.3 is 15.4 Å².